The lowest BCUT2D eigenvalue weighted by atomic mass is 10.0. The number of aromatic nitrogens is 1. The van der Waals surface area contributed by atoms with Gasteiger partial charge in [-0.15, -0.1) is 0 Å². The Labute approximate surface area is 389 Å². The van der Waals surface area contributed by atoms with Crippen LogP contribution in [0.1, 0.15) is 83.7 Å². The third kappa shape index (κ3) is 13.6. The first-order valence-corrected chi connectivity index (χ1v) is 23.6. The van der Waals surface area contributed by atoms with Crippen molar-refractivity contribution in [3.63, 3.8) is 0 Å². The normalized spacial score (nSPS) is 20.1. The molecule has 3 saturated heterocycles. The lowest BCUT2D eigenvalue weighted by Gasteiger charge is -2.37. The number of nitrogens with one attached hydrogen (secondary N) is 2. The van der Waals surface area contributed by atoms with Crippen LogP contribution in [0.15, 0.2) is 45.1 Å². The summed E-state index contributed by atoms with van der Waals surface area (Å²) in [4.78, 5) is 87.6. The second-order valence-corrected chi connectivity index (χ2v) is 17.5. The average Bonchev–Trinajstić information content (AvgIpc) is 3.96. The first kappa shape index (κ1) is 50.5. The maximum absolute atomic E-state index is 13.2. The fourth-order valence-corrected chi connectivity index (χ4v) is 9.62. The Hall–Kier alpha value is -4.87. The number of rotatable bonds is 22. The minimum atomic E-state index is -1.10. The first-order chi connectivity index (χ1) is 32.2. The van der Waals surface area contributed by atoms with Gasteiger partial charge in [0.1, 0.15) is 17.6 Å². The van der Waals surface area contributed by atoms with Gasteiger partial charge < -0.3 is 30.0 Å². The molecule has 0 spiro atoms. The number of piperazine rings is 1. The number of fused-ring (bicyclic) bond motifs is 1. The highest BCUT2D eigenvalue weighted by molar-refractivity contribution is 7.94. The number of aliphatic imine (C=N–C) groups is 2. The highest BCUT2D eigenvalue weighted by Gasteiger charge is 2.46. The summed E-state index contributed by atoms with van der Waals surface area (Å²) in [5, 5.41) is 4.85. The van der Waals surface area contributed by atoms with Crippen molar-refractivity contribution in [1.29, 1.82) is 0 Å². The molecule has 360 valence electrons. The monoisotopic (exact) mass is 936 g/mol. The summed E-state index contributed by atoms with van der Waals surface area (Å²) in [7, 11) is 1.50. The summed E-state index contributed by atoms with van der Waals surface area (Å²) in [6.07, 6.45) is 8.22. The molecular weight excluding hydrogens is 873 g/mol. The second-order valence-electron chi connectivity index (χ2n) is 16.3. The summed E-state index contributed by atoms with van der Waals surface area (Å²) in [6.45, 7) is 13.0. The van der Waals surface area contributed by atoms with Crippen LogP contribution in [0.2, 0.25) is 0 Å². The molecule has 4 N–H and O–H groups in total. The number of piperidine rings is 2. The molecule has 20 nitrogen and oxygen atoms in total. The maximum Gasteiger partial charge on any atom is 0.266 e. The van der Waals surface area contributed by atoms with E-state index in [0.29, 0.717) is 38.9 Å². The van der Waals surface area contributed by atoms with Crippen molar-refractivity contribution in [2.24, 2.45) is 15.7 Å². The molecule has 4 fully saturated rings. The maximum atomic E-state index is 13.2. The lowest BCUT2D eigenvalue weighted by molar-refractivity contribution is -0.136. The number of hydrogen-bond acceptors (Lipinski definition) is 17. The number of ether oxygens (including phenoxy) is 4. The molecule has 2 aromatic rings. The van der Waals surface area contributed by atoms with Crippen LogP contribution in [0, 0.1) is 0 Å². The van der Waals surface area contributed by atoms with Crippen molar-refractivity contribution in [2.75, 3.05) is 106 Å². The third-order valence-electron chi connectivity index (χ3n) is 12.0. The molecule has 5 amide bonds. The zero-order valence-corrected chi connectivity index (χ0v) is 38.7. The van der Waals surface area contributed by atoms with Gasteiger partial charge in [0.05, 0.1) is 56.8 Å². The molecule has 1 saturated carbocycles. The van der Waals surface area contributed by atoms with Crippen LogP contribution in [-0.2, 0) is 28.6 Å². The van der Waals surface area contributed by atoms with Gasteiger partial charge in [0.2, 0.25) is 11.8 Å². The van der Waals surface area contributed by atoms with E-state index in [9.17, 15) is 28.8 Å². The average molecular weight is 937 g/mol. The van der Waals surface area contributed by atoms with Crippen LogP contribution in [-0.4, -0.2) is 183 Å². The van der Waals surface area contributed by atoms with E-state index in [4.69, 9.17) is 23.9 Å². The van der Waals surface area contributed by atoms with Gasteiger partial charge in [-0.05, 0) is 64.1 Å². The van der Waals surface area contributed by atoms with E-state index in [1.54, 1.807) is 6.07 Å². The van der Waals surface area contributed by atoms with Crippen molar-refractivity contribution in [3.05, 3.63) is 57.4 Å². The smallest absolute Gasteiger partial charge is 0.266 e. The fraction of sp³-hybridized carbons (Fsp3) is 0.600. The number of hydrogen-bond donors (Lipinski definition) is 3. The number of imide groups is 2. The molecule has 7 rings (SSSR count). The van der Waals surface area contributed by atoms with Crippen LogP contribution < -0.4 is 26.7 Å². The minimum Gasteiger partial charge on any atom is -0.483 e. The van der Waals surface area contributed by atoms with Crippen molar-refractivity contribution < 1.29 is 42.9 Å². The van der Waals surface area contributed by atoms with Crippen molar-refractivity contribution in [2.45, 2.75) is 69.5 Å². The Morgan fingerprint density at radius 2 is 1.53 bits per heavy atom. The lowest BCUT2D eigenvalue weighted by Crippen LogP contribution is -2.54. The van der Waals surface area contributed by atoms with Crippen molar-refractivity contribution in [3.8, 4) is 5.75 Å². The largest absolute Gasteiger partial charge is 0.483 e. The first-order valence-electron chi connectivity index (χ1n) is 22.9. The zero-order valence-electron chi connectivity index (χ0n) is 37.9. The van der Waals surface area contributed by atoms with E-state index in [-0.39, 0.29) is 60.5 Å². The minimum absolute atomic E-state index is 0.0116. The number of amides is 5. The molecule has 1 unspecified atom stereocenters. The Balaban J connectivity index is 0.00000355. The van der Waals surface area contributed by atoms with Crippen LogP contribution in [0.4, 0.5) is 5.82 Å². The van der Waals surface area contributed by atoms with Crippen LogP contribution in [0.5, 0.6) is 5.75 Å². The van der Waals surface area contributed by atoms with Gasteiger partial charge in [0.25, 0.3) is 23.3 Å². The van der Waals surface area contributed by atoms with Gasteiger partial charge in [-0.1, -0.05) is 18.9 Å². The van der Waals surface area contributed by atoms with Crippen LogP contribution in [0.3, 0.4) is 0 Å². The topological polar surface area (TPSA) is 232 Å². The van der Waals surface area contributed by atoms with Crippen LogP contribution in [0.25, 0.3) is 0 Å². The number of pyridine rings is 1. The van der Waals surface area contributed by atoms with Gasteiger partial charge in [0.15, 0.2) is 6.61 Å². The zero-order chi connectivity index (χ0) is 46.8. The fourth-order valence-electron chi connectivity index (χ4n) is 8.60. The Bertz CT molecular complexity index is 2080. The number of nitrogens with two attached hydrogens (primary N) is 1. The van der Waals surface area contributed by atoms with Gasteiger partial charge in [-0.2, -0.15) is 0 Å². The summed E-state index contributed by atoms with van der Waals surface area (Å²) in [6, 6.07) is 7.28. The van der Waals surface area contributed by atoms with Gasteiger partial charge >= 0.3 is 0 Å². The second kappa shape index (κ2) is 25.9. The van der Waals surface area contributed by atoms with E-state index < -0.39 is 42.2 Å². The summed E-state index contributed by atoms with van der Waals surface area (Å²) in [5.74, 6) is -2.27. The Morgan fingerprint density at radius 3 is 2.23 bits per heavy atom. The predicted octanol–water partition coefficient (Wildman–Crippen LogP) is 1.58. The van der Waals surface area contributed by atoms with E-state index >= 15 is 0 Å². The van der Waals surface area contributed by atoms with Gasteiger partial charge in [-0.25, -0.2) is 13.6 Å². The number of benzene rings is 1. The van der Waals surface area contributed by atoms with E-state index in [2.05, 4.69) is 41.6 Å². The standard InChI is InChI=1S/C44H59N9O10S.CH5N/c1-45-41-31(9-12-39(56)52(41)33-5-2-3-6-33)29-47-32-13-16-50(17-14-32)64-51-20-18-49(19-21-51)22-24-61-26-28-62-27-25-60-23-15-46-38(55)30-63-36-8-4-7-34-40(36)44(59)53(43(34)58)35-10-11-37(54)48-42(35)57;1-2/h4,7-9,12,29,32-33,35H,1-3,5-6,10-11,13-28,30H2,(H,46,55)(H,48,54,57);2H2,1H3. The molecule has 1 atom stereocenters. The molecular formula is C45H64N10O10S. The quantitative estimate of drug-likeness (QED) is 0.0659. The highest BCUT2D eigenvalue weighted by atomic mass is 32.2. The third-order valence-corrected chi connectivity index (χ3v) is 13.2. The number of carbonyl (C=O) groups excluding carboxylic acids is 5. The predicted molar refractivity (Wildman–Crippen MR) is 249 cm³/mol. The van der Waals surface area contributed by atoms with E-state index in [1.807, 2.05) is 29.0 Å². The Morgan fingerprint density at radius 1 is 0.848 bits per heavy atom. The molecule has 0 radical (unpaired) electrons. The number of carbonyl (C=O) groups is 5. The highest BCUT2D eigenvalue weighted by Crippen LogP contribution is 2.34. The molecule has 0 bridgehead atoms. The SMILES string of the molecule is C=Nc1c(C=NC2CCN(SN3CCN(CCOCCOCCOCCNC(=O)COc4cccc5c4C(=O)N(C4CCC(=O)NC4=O)C5=O)CC3)CC2)ccc(=O)n1C1CCCC1.CN. The molecule has 1 aromatic heterocycles. The molecule has 5 heterocycles. The molecule has 1 aromatic carbocycles. The van der Waals surface area contributed by atoms with Crippen LogP contribution >= 0.6 is 12.1 Å². The van der Waals surface area contributed by atoms with Crippen molar-refractivity contribution in [1.82, 2.24) is 33.6 Å². The van der Waals surface area contributed by atoms with E-state index in [1.165, 1.54) is 25.2 Å². The summed E-state index contributed by atoms with van der Waals surface area (Å²) in [5.41, 5.74) is 5.40. The molecule has 5 aliphatic rings. The molecule has 1 aliphatic carbocycles. The number of nitrogens with zero attached hydrogens (tertiary/aromatic N) is 7. The molecule has 4 aliphatic heterocycles. The summed E-state index contributed by atoms with van der Waals surface area (Å²) >= 11 is 1.85. The van der Waals surface area contributed by atoms with Gasteiger partial charge in [-0.3, -0.25) is 53.4 Å². The Kier molecular flexibility index (Phi) is 19.8. The van der Waals surface area contributed by atoms with Crippen molar-refractivity contribution >= 4 is 60.4 Å². The summed E-state index contributed by atoms with van der Waals surface area (Å²) < 4.78 is 29.3. The molecule has 21 heteroatoms. The molecule has 66 heavy (non-hydrogen) atoms. The van der Waals surface area contributed by atoms with E-state index in [0.717, 1.165) is 94.8 Å². The van der Waals surface area contributed by atoms with Gasteiger partial charge in [0, 0.05) is 94.8 Å².